The fourth-order valence-electron chi connectivity index (χ4n) is 1.23. The highest BCUT2D eigenvalue weighted by molar-refractivity contribution is 5.97. The standard InChI is InChI=1S/C13H16O2/c1-4-7-15-9-13(14)12-6-5-10(2)11(3)8-12/h4-6,8H,1,7,9H2,2-3H3. The van der Waals surface area contributed by atoms with Crippen molar-refractivity contribution in [1.29, 1.82) is 0 Å². The highest BCUT2D eigenvalue weighted by Gasteiger charge is 2.06. The zero-order valence-electron chi connectivity index (χ0n) is 9.25. The molecule has 0 aliphatic carbocycles. The summed E-state index contributed by atoms with van der Waals surface area (Å²) >= 11 is 0. The van der Waals surface area contributed by atoms with Gasteiger partial charge in [-0.1, -0.05) is 18.2 Å². The zero-order chi connectivity index (χ0) is 11.3. The van der Waals surface area contributed by atoms with E-state index in [1.54, 1.807) is 6.08 Å². The van der Waals surface area contributed by atoms with Crippen LogP contribution in [0.5, 0.6) is 0 Å². The van der Waals surface area contributed by atoms with Gasteiger partial charge in [-0.2, -0.15) is 0 Å². The van der Waals surface area contributed by atoms with Gasteiger partial charge in [-0.25, -0.2) is 0 Å². The third-order valence-electron chi connectivity index (χ3n) is 2.30. The number of Topliss-reactive ketones (excluding diaryl/α,β-unsaturated/α-hetero) is 1. The SMILES string of the molecule is C=CCOCC(=O)c1ccc(C)c(C)c1. The van der Waals surface area contributed by atoms with Gasteiger partial charge < -0.3 is 4.74 Å². The summed E-state index contributed by atoms with van der Waals surface area (Å²) in [5, 5.41) is 0. The van der Waals surface area contributed by atoms with Crippen molar-refractivity contribution in [2.45, 2.75) is 13.8 Å². The van der Waals surface area contributed by atoms with Crippen LogP contribution in [-0.2, 0) is 4.74 Å². The first-order valence-electron chi connectivity index (χ1n) is 4.94. The lowest BCUT2D eigenvalue weighted by Gasteiger charge is -2.04. The van der Waals surface area contributed by atoms with Crippen molar-refractivity contribution in [3.8, 4) is 0 Å². The average Bonchev–Trinajstić information content (AvgIpc) is 2.22. The number of carbonyl (C=O) groups excluding carboxylic acids is 1. The molecule has 0 N–H and O–H groups in total. The van der Waals surface area contributed by atoms with Gasteiger partial charge in [0.1, 0.15) is 6.61 Å². The molecule has 0 atom stereocenters. The molecule has 15 heavy (non-hydrogen) atoms. The molecule has 0 saturated carbocycles. The molecule has 0 aliphatic heterocycles. The van der Waals surface area contributed by atoms with Crippen molar-refractivity contribution >= 4 is 5.78 Å². The number of hydrogen-bond donors (Lipinski definition) is 0. The number of rotatable bonds is 5. The van der Waals surface area contributed by atoms with Crippen molar-refractivity contribution in [2.24, 2.45) is 0 Å². The Morgan fingerprint density at radius 3 is 2.73 bits per heavy atom. The third kappa shape index (κ3) is 3.33. The molecule has 0 saturated heterocycles. The fourth-order valence-corrected chi connectivity index (χ4v) is 1.23. The first kappa shape index (κ1) is 11.7. The Bertz CT molecular complexity index is 367. The molecule has 0 heterocycles. The first-order chi connectivity index (χ1) is 7.15. The minimum atomic E-state index is 0.0138. The van der Waals surface area contributed by atoms with E-state index in [9.17, 15) is 4.79 Å². The first-order valence-corrected chi connectivity index (χ1v) is 4.94. The molecule has 1 rings (SSSR count). The minimum absolute atomic E-state index is 0.0138. The second-order valence-electron chi connectivity index (χ2n) is 3.53. The van der Waals surface area contributed by atoms with Gasteiger partial charge in [0, 0.05) is 5.56 Å². The summed E-state index contributed by atoms with van der Waals surface area (Å²) in [6.45, 7) is 8.07. The molecular weight excluding hydrogens is 188 g/mol. The predicted molar refractivity (Wildman–Crippen MR) is 61.3 cm³/mol. The Labute approximate surface area is 90.6 Å². The normalized spacial score (nSPS) is 10.0. The van der Waals surface area contributed by atoms with Crippen molar-refractivity contribution in [2.75, 3.05) is 13.2 Å². The summed E-state index contributed by atoms with van der Waals surface area (Å²) in [4.78, 5) is 11.6. The van der Waals surface area contributed by atoms with Crippen LogP contribution in [0.4, 0.5) is 0 Å². The molecule has 0 spiro atoms. The zero-order valence-corrected chi connectivity index (χ0v) is 9.25. The molecule has 0 amide bonds. The number of aryl methyl sites for hydroxylation is 2. The van der Waals surface area contributed by atoms with E-state index >= 15 is 0 Å². The number of ether oxygens (including phenoxy) is 1. The Morgan fingerprint density at radius 1 is 1.40 bits per heavy atom. The summed E-state index contributed by atoms with van der Waals surface area (Å²) < 4.78 is 5.10. The summed E-state index contributed by atoms with van der Waals surface area (Å²) in [6.07, 6.45) is 1.63. The van der Waals surface area contributed by atoms with Crippen LogP contribution in [0.1, 0.15) is 21.5 Å². The van der Waals surface area contributed by atoms with Crippen LogP contribution in [0.2, 0.25) is 0 Å². The lowest BCUT2D eigenvalue weighted by atomic mass is 10.0. The molecule has 1 aromatic carbocycles. The van der Waals surface area contributed by atoms with Crippen LogP contribution in [0.15, 0.2) is 30.9 Å². The molecule has 0 fully saturated rings. The smallest absolute Gasteiger partial charge is 0.188 e. The van der Waals surface area contributed by atoms with E-state index < -0.39 is 0 Å². The minimum Gasteiger partial charge on any atom is -0.369 e. The van der Waals surface area contributed by atoms with Crippen molar-refractivity contribution < 1.29 is 9.53 Å². The molecule has 0 unspecified atom stereocenters. The van der Waals surface area contributed by atoms with E-state index in [1.165, 1.54) is 5.56 Å². The van der Waals surface area contributed by atoms with Gasteiger partial charge in [-0.3, -0.25) is 4.79 Å². The van der Waals surface area contributed by atoms with Crippen LogP contribution in [-0.4, -0.2) is 19.0 Å². The molecule has 0 radical (unpaired) electrons. The second kappa shape index (κ2) is 5.47. The van der Waals surface area contributed by atoms with Gasteiger partial charge in [0.15, 0.2) is 5.78 Å². The molecule has 2 heteroatoms. The lowest BCUT2D eigenvalue weighted by Crippen LogP contribution is -2.09. The Balaban J connectivity index is 2.65. The van der Waals surface area contributed by atoms with Crippen LogP contribution >= 0.6 is 0 Å². The molecule has 0 bridgehead atoms. The maximum atomic E-state index is 11.6. The van der Waals surface area contributed by atoms with E-state index in [0.29, 0.717) is 12.2 Å². The van der Waals surface area contributed by atoms with Crippen LogP contribution in [0, 0.1) is 13.8 Å². The molecule has 0 aromatic heterocycles. The van der Waals surface area contributed by atoms with Crippen LogP contribution < -0.4 is 0 Å². The van der Waals surface area contributed by atoms with E-state index in [0.717, 1.165) is 5.56 Å². The monoisotopic (exact) mass is 204 g/mol. The lowest BCUT2D eigenvalue weighted by molar-refractivity contribution is 0.0806. The average molecular weight is 204 g/mol. The number of ketones is 1. The summed E-state index contributed by atoms with van der Waals surface area (Å²) in [5.74, 6) is 0.0138. The summed E-state index contributed by atoms with van der Waals surface area (Å²) in [7, 11) is 0. The van der Waals surface area contributed by atoms with Gasteiger partial charge >= 0.3 is 0 Å². The van der Waals surface area contributed by atoms with Gasteiger partial charge in [-0.05, 0) is 31.0 Å². The molecule has 0 aliphatic rings. The van der Waals surface area contributed by atoms with Gasteiger partial charge in [0.25, 0.3) is 0 Å². The Morgan fingerprint density at radius 2 is 2.13 bits per heavy atom. The van der Waals surface area contributed by atoms with Crippen molar-refractivity contribution in [1.82, 2.24) is 0 Å². The summed E-state index contributed by atoms with van der Waals surface area (Å²) in [6, 6.07) is 5.69. The van der Waals surface area contributed by atoms with Gasteiger partial charge in [-0.15, -0.1) is 6.58 Å². The van der Waals surface area contributed by atoms with Gasteiger partial charge in [0.05, 0.1) is 6.61 Å². The molecule has 2 nitrogen and oxygen atoms in total. The fraction of sp³-hybridized carbons (Fsp3) is 0.308. The van der Waals surface area contributed by atoms with E-state index in [-0.39, 0.29) is 12.4 Å². The van der Waals surface area contributed by atoms with Crippen LogP contribution in [0.3, 0.4) is 0 Å². The quantitative estimate of drug-likeness (QED) is 0.419. The molecule has 1 aromatic rings. The maximum absolute atomic E-state index is 11.6. The van der Waals surface area contributed by atoms with E-state index in [4.69, 9.17) is 4.74 Å². The third-order valence-corrected chi connectivity index (χ3v) is 2.30. The van der Waals surface area contributed by atoms with E-state index in [2.05, 4.69) is 6.58 Å². The highest BCUT2D eigenvalue weighted by Crippen LogP contribution is 2.10. The number of carbonyl (C=O) groups is 1. The Kier molecular flexibility index (Phi) is 4.25. The second-order valence-corrected chi connectivity index (χ2v) is 3.53. The maximum Gasteiger partial charge on any atom is 0.188 e. The van der Waals surface area contributed by atoms with E-state index in [1.807, 2.05) is 32.0 Å². The van der Waals surface area contributed by atoms with Crippen molar-refractivity contribution in [3.63, 3.8) is 0 Å². The highest BCUT2D eigenvalue weighted by atomic mass is 16.5. The predicted octanol–water partition coefficient (Wildman–Crippen LogP) is 2.69. The molecule has 80 valence electrons. The Hall–Kier alpha value is -1.41. The van der Waals surface area contributed by atoms with Gasteiger partial charge in [0.2, 0.25) is 0 Å². The topological polar surface area (TPSA) is 26.3 Å². The van der Waals surface area contributed by atoms with Crippen molar-refractivity contribution in [3.05, 3.63) is 47.5 Å². The number of hydrogen-bond acceptors (Lipinski definition) is 2. The number of benzene rings is 1. The summed E-state index contributed by atoms with van der Waals surface area (Å²) in [5.41, 5.74) is 3.03. The van der Waals surface area contributed by atoms with Crippen LogP contribution in [0.25, 0.3) is 0 Å². The molecular formula is C13H16O2. The largest absolute Gasteiger partial charge is 0.369 e.